The van der Waals surface area contributed by atoms with E-state index in [0.717, 1.165) is 24.8 Å². The highest BCUT2D eigenvalue weighted by atomic mass is 35.5. The number of hydrogen-bond donors (Lipinski definition) is 0. The van der Waals surface area contributed by atoms with Crippen LogP contribution >= 0.6 is 11.6 Å². The second kappa shape index (κ2) is 9.35. The molecule has 3 aromatic rings. The fourth-order valence-electron chi connectivity index (χ4n) is 4.24. The molecule has 1 saturated heterocycles. The predicted octanol–water partition coefficient (Wildman–Crippen LogP) is 3.97. The average Bonchev–Trinajstić information content (AvgIpc) is 3.45. The Bertz CT molecular complexity index is 1130. The number of rotatable bonds is 8. The maximum atomic E-state index is 13.4. The summed E-state index contributed by atoms with van der Waals surface area (Å²) >= 11 is 5.95. The van der Waals surface area contributed by atoms with Gasteiger partial charge in [-0.25, -0.2) is 0 Å². The molecule has 2 fully saturated rings. The minimum absolute atomic E-state index is 0.000644. The van der Waals surface area contributed by atoms with E-state index < -0.39 is 0 Å². The standard InChI is InChI=1S/C25H25ClN4O3/c26-20-8-6-18(7-9-20)24-28-27-22(33-24)16-30(21-10-11-21)25(32)19-14-23(31)29(15-19)13-12-17-4-2-1-3-5-17/h1-9,19,21H,10-16H2. The van der Waals surface area contributed by atoms with Crippen LogP contribution in [0.5, 0.6) is 0 Å². The highest BCUT2D eigenvalue weighted by Gasteiger charge is 2.41. The Morgan fingerprint density at radius 2 is 1.85 bits per heavy atom. The van der Waals surface area contributed by atoms with E-state index in [1.807, 2.05) is 40.1 Å². The molecule has 170 valence electrons. The SMILES string of the molecule is O=C1CC(C(=O)N(Cc2nnc(-c3ccc(Cl)cc3)o2)C2CC2)CN1CCc1ccccc1. The van der Waals surface area contributed by atoms with E-state index in [2.05, 4.69) is 22.3 Å². The van der Waals surface area contributed by atoms with E-state index in [4.69, 9.17) is 16.0 Å². The molecular formula is C25H25ClN4O3. The van der Waals surface area contributed by atoms with Crippen LogP contribution in [0.15, 0.2) is 59.0 Å². The Labute approximate surface area is 197 Å². The summed E-state index contributed by atoms with van der Waals surface area (Å²) in [7, 11) is 0. The molecule has 8 heteroatoms. The van der Waals surface area contributed by atoms with Crippen LogP contribution in [0.3, 0.4) is 0 Å². The normalized spacial score (nSPS) is 18.0. The maximum Gasteiger partial charge on any atom is 0.247 e. The van der Waals surface area contributed by atoms with Gasteiger partial charge in [-0.2, -0.15) is 0 Å². The minimum atomic E-state index is -0.326. The summed E-state index contributed by atoms with van der Waals surface area (Å²) in [4.78, 5) is 29.5. The molecule has 0 bridgehead atoms. The number of carbonyl (C=O) groups is 2. The molecule has 0 spiro atoms. The third-order valence-corrected chi connectivity index (χ3v) is 6.46. The molecule has 33 heavy (non-hydrogen) atoms. The molecule has 1 aliphatic carbocycles. The van der Waals surface area contributed by atoms with Crippen molar-refractivity contribution in [1.82, 2.24) is 20.0 Å². The van der Waals surface area contributed by atoms with Gasteiger partial charge in [0.25, 0.3) is 0 Å². The van der Waals surface area contributed by atoms with Crippen LogP contribution in [0.1, 0.15) is 30.7 Å². The number of hydrogen-bond acceptors (Lipinski definition) is 5. The summed E-state index contributed by atoms with van der Waals surface area (Å²) in [6, 6.07) is 17.4. The fourth-order valence-corrected chi connectivity index (χ4v) is 4.37. The topological polar surface area (TPSA) is 79.5 Å². The van der Waals surface area contributed by atoms with E-state index >= 15 is 0 Å². The Hall–Kier alpha value is -3.19. The van der Waals surface area contributed by atoms with Crippen molar-refractivity contribution in [3.63, 3.8) is 0 Å². The van der Waals surface area contributed by atoms with Crippen molar-refractivity contribution < 1.29 is 14.0 Å². The molecule has 2 amide bonds. The molecule has 7 nitrogen and oxygen atoms in total. The van der Waals surface area contributed by atoms with Crippen LogP contribution < -0.4 is 0 Å². The summed E-state index contributed by atoms with van der Waals surface area (Å²) in [6.45, 7) is 1.36. The molecule has 1 atom stereocenters. The summed E-state index contributed by atoms with van der Waals surface area (Å²) in [5, 5.41) is 8.90. The van der Waals surface area contributed by atoms with Gasteiger partial charge in [0.15, 0.2) is 0 Å². The fraction of sp³-hybridized carbons (Fsp3) is 0.360. The summed E-state index contributed by atoms with van der Waals surface area (Å²) < 4.78 is 5.82. The van der Waals surface area contributed by atoms with Crippen molar-refractivity contribution in [2.24, 2.45) is 5.92 Å². The lowest BCUT2D eigenvalue weighted by Gasteiger charge is -2.24. The first-order valence-electron chi connectivity index (χ1n) is 11.3. The van der Waals surface area contributed by atoms with Crippen LogP contribution in [0, 0.1) is 5.92 Å². The predicted molar refractivity (Wildman–Crippen MR) is 123 cm³/mol. The number of halogens is 1. The molecular weight excluding hydrogens is 440 g/mol. The smallest absolute Gasteiger partial charge is 0.247 e. The summed E-state index contributed by atoms with van der Waals surface area (Å²) in [5.41, 5.74) is 1.96. The summed E-state index contributed by atoms with van der Waals surface area (Å²) in [6.07, 6.45) is 2.97. The molecule has 2 heterocycles. The van der Waals surface area contributed by atoms with E-state index in [9.17, 15) is 9.59 Å². The Morgan fingerprint density at radius 1 is 1.09 bits per heavy atom. The first-order chi connectivity index (χ1) is 16.1. The van der Waals surface area contributed by atoms with E-state index in [1.165, 1.54) is 5.56 Å². The Balaban J connectivity index is 1.22. The van der Waals surface area contributed by atoms with Crippen LogP contribution in [0.2, 0.25) is 5.02 Å². The van der Waals surface area contributed by atoms with Crippen LogP contribution in [-0.4, -0.2) is 50.9 Å². The van der Waals surface area contributed by atoms with Crippen LogP contribution in [0.25, 0.3) is 11.5 Å². The third-order valence-electron chi connectivity index (χ3n) is 6.21. The van der Waals surface area contributed by atoms with Gasteiger partial charge in [0.1, 0.15) is 0 Å². The van der Waals surface area contributed by atoms with Crippen molar-refractivity contribution in [3.8, 4) is 11.5 Å². The van der Waals surface area contributed by atoms with Gasteiger partial charge in [0, 0.05) is 36.1 Å². The van der Waals surface area contributed by atoms with E-state index in [0.29, 0.717) is 29.9 Å². The van der Waals surface area contributed by atoms with E-state index in [-0.39, 0.29) is 36.7 Å². The van der Waals surface area contributed by atoms with Gasteiger partial charge in [-0.1, -0.05) is 41.9 Å². The van der Waals surface area contributed by atoms with Crippen molar-refractivity contribution in [2.45, 2.75) is 38.3 Å². The lowest BCUT2D eigenvalue weighted by molar-refractivity contribution is -0.137. The lowest BCUT2D eigenvalue weighted by Crippen LogP contribution is -2.38. The Morgan fingerprint density at radius 3 is 2.58 bits per heavy atom. The van der Waals surface area contributed by atoms with Crippen LogP contribution in [0.4, 0.5) is 0 Å². The molecule has 1 aromatic heterocycles. The number of likely N-dealkylation sites (tertiary alicyclic amines) is 1. The van der Waals surface area contributed by atoms with Gasteiger partial charge in [0.05, 0.1) is 12.5 Å². The average molecular weight is 465 g/mol. The zero-order chi connectivity index (χ0) is 22.8. The highest BCUT2D eigenvalue weighted by Crippen LogP contribution is 2.32. The van der Waals surface area contributed by atoms with Crippen molar-refractivity contribution in [1.29, 1.82) is 0 Å². The first kappa shape index (κ1) is 21.6. The number of nitrogens with zero attached hydrogens (tertiary/aromatic N) is 4. The summed E-state index contributed by atoms with van der Waals surface area (Å²) in [5.74, 6) is 0.508. The zero-order valence-corrected chi connectivity index (χ0v) is 18.9. The first-order valence-corrected chi connectivity index (χ1v) is 11.6. The molecule has 0 N–H and O–H groups in total. The van der Waals surface area contributed by atoms with Crippen LogP contribution in [-0.2, 0) is 22.6 Å². The van der Waals surface area contributed by atoms with Crippen molar-refractivity contribution in [2.75, 3.05) is 13.1 Å². The molecule has 1 unspecified atom stereocenters. The second-order valence-electron chi connectivity index (χ2n) is 8.68. The molecule has 2 aliphatic rings. The number of aromatic nitrogens is 2. The quantitative estimate of drug-likeness (QED) is 0.504. The lowest BCUT2D eigenvalue weighted by atomic mass is 10.1. The molecule has 5 rings (SSSR count). The molecule has 2 aromatic carbocycles. The third kappa shape index (κ3) is 5.09. The van der Waals surface area contributed by atoms with Gasteiger partial charge >= 0.3 is 0 Å². The molecule has 1 aliphatic heterocycles. The second-order valence-corrected chi connectivity index (χ2v) is 9.12. The van der Waals surface area contributed by atoms with Crippen molar-refractivity contribution >= 4 is 23.4 Å². The monoisotopic (exact) mass is 464 g/mol. The van der Waals surface area contributed by atoms with Gasteiger partial charge in [-0.3, -0.25) is 9.59 Å². The number of benzene rings is 2. The van der Waals surface area contributed by atoms with Gasteiger partial charge < -0.3 is 14.2 Å². The highest BCUT2D eigenvalue weighted by molar-refractivity contribution is 6.30. The van der Waals surface area contributed by atoms with Gasteiger partial charge in [-0.05, 0) is 49.1 Å². The largest absolute Gasteiger partial charge is 0.419 e. The Kier molecular flexibility index (Phi) is 6.13. The van der Waals surface area contributed by atoms with Gasteiger partial charge in [-0.15, -0.1) is 10.2 Å². The zero-order valence-electron chi connectivity index (χ0n) is 18.2. The van der Waals surface area contributed by atoms with Crippen molar-refractivity contribution in [3.05, 3.63) is 71.1 Å². The molecule has 1 saturated carbocycles. The molecule has 0 radical (unpaired) electrons. The number of carbonyl (C=O) groups excluding carboxylic acids is 2. The number of amides is 2. The van der Waals surface area contributed by atoms with E-state index in [1.54, 1.807) is 12.1 Å². The minimum Gasteiger partial charge on any atom is -0.419 e. The van der Waals surface area contributed by atoms with Gasteiger partial charge in [0.2, 0.25) is 23.6 Å². The maximum absolute atomic E-state index is 13.4.